The van der Waals surface area contributed by atoms with Gasteiger partial charge < -0.3 is 38.4 Å². The van der Waals surface area contributed by atoms with Crippen LogP contribution in [0.4, 0.5) is 0 Å². The van der Waals surface area contributed by atoms with E-state index in [1.165, 1.54) is 0 Å². The number of hydrogen-bond donors (Lipinski definition) is 2. The van der Waals surface area contributed by atoms with Crippen LogP contribution < -0.4 is 28.4 Å². The third kappa shape index (κ3) is 16.7. The molecule has 588 valence electrons. The van der Waals surface area contributed by atoms with Gasteiger partial charge in [0.15, 0.2) is 34.5 Å². The van der Waals surface area contributed by atoms with Gasteiger partial charge >= 0.3 is 0 Å². The number of rotatable bonds is 5. The second kappa shape index (κ2) is 36.1. The Morgan fingerprint density at radius 2 is 0.587 bits per heavy atom. The predicted molar refractivity (Wildman–Crippen MR) is 457 cm³/mol. The molecule has 0 unspecified atom stereocenters. The number of H-pyrrole nitrogens is 2. The quantitative estimate of drug-likeness (QED) is 0.0700. The van der Waals surface area contributed by atoms with E-state index >= 15 is 0 Å². The molecule has 0 saturated heterocycles. The third-order valence-electron chi connectivity index (χ3n) is 19.5. The van der Waals surface area contributed by atoms with Crippen LogP contribution in [0.3, 0.4) is 0 Å². The summed E-state index contributed by atoms with van der Waals surface area (Å²) in [5.41, 5.74) is 16.9. The summed E-state index contributed by atoms with van der Waals surface area (Å²) in [6, 6.07) is 74.6. The number of ether oxygens (including phenoxy) is 6. The maximum atomic E-state index is 11.8. The number of nitrogens with zero attached hydrogens (tertiary/aromatic N) is 14. The van der Waals surface area contributed by atoms with Gasteiger partial charge in [0.25, 0.3) is 0 Å². The van der Waals surface area contributed by atoms with Gasteiger partial charge in [-0.1, -0.05) is 48.5 Å². The van der Waals surface area contributed by atoms with Gasteiger partial charge in [0.1, 0.15) is 69.0 Å². The van der Waals surface area contributed by atoms with Gasteiger partial charge in [0.2, 0.25) is 11.6 Å². The number of hydrogen-bond acceptors (Lipinski definition) is 23. The molecule has 2 N–H and O–H groups in total. The van der Waals surface area contributed by atoms with Gasteiger partial charge in [-0.3, -0.25) is 74.2 Å². The van der Waals surface area contributed by atoms with E-state index in [9.17, 15) is 14.4 Å². The molecule has 6 aromatic carbocycles. The number of benzene rings is 6. The molecule has 0 bridgehead atoms. The first-order chi connectivity index (χ1) is 59.3. The van der Waals surface area contributed by atoms with E-state index in [-0.39, 0.29) is 19.5 Å². The summed E-state index contributed by atoms with van der Waals surface area (Å²) in [6.07, 6.45) is 21.8. The summed E-state index contributed by atoms with van der Waals surface area (Å²) in [4.78, 5) is 103. The Labute approximate surface area is 701 Å². The summed E-state index contributed by atoms with van der Waals surface area (Å²) < 4.78 is 33.2. The summed E-state index contributed by atoms with van der Waals surface area (Å²) in [5.74, 6) is 4.95. The first-order valence-corrected chi connectivity index (χ1v) is 38.2. The zero-order valence-corrected chi connectivity index (χ0v) is 65.8. The number of nitrogens with one attached hydrogen (secondary N) is 2. The molecular weight excluding hydrogens is 1610 g/mol. The van der Waals surface area contributed by atoms with E-state index in [2.05, 4.69) is 94.0 Å². The number of aldehydes is 1. The SMILES string of the molecule is O=C1C(=O)c2cccnc2-c2ncccc21.O=Cc1ccc2c(c1)OCCO2.[Ru].c1ccc(-c2ccccn2)nc1.c1ccc(-c2ccccn2)nc1.c1cnc2c(c1)c1nc(-c3ccc4c(c3)OCCO4)[nH]c1c1cccnc12.c1cnc2c(c1)c1nc(-c3ccc4c(c3)OCCO4)[nH]c1c1cccnc12.c1cnc2c(c1)ccc1cccnc12. The molecule has 4 aliphatic rings. The van der Waals surface area contributed by atoms with Gasteiger partial charge in [0.05, 0.1) is 89.1 Å². The average molecular weight is 1680 g/mol. The first kappa shape index (κ1) is 77.6. The average Bonchev–Trinajstić information content (AvgIpc) is 1.64. The standard InChI is InChI=1S/2C21H14N4O2.C12H6N2O2.C12H8N2.2C10H8N2.C9H8O3.Ru/c2*1-3-13-17(22-7-1)18-14(4-2-8-23-18)20-19(13)24-21(25-20)12-5-6-15-16(11-12)27-10-9-26-15;15-11-7-3-1-5-13-9(7)10-8(12(11)16)4-2-6-14-10;1-3-9-5-6-10-4-2-8-14-12(10)11(9)13-7-1;2*1-3-7-11-9(5-1)10-6-2-4-8-12-10;10-6-7-1-2-8-9(5-7)12-4-3-11-8;/h2*1-8,11H,9-10H2,(H,24,25);1-6H;1-8H;2*1-8H;1-2,5-6H,3-4H2;. The summed E-state index contributed by atoms with van der Waals surface area (Å²) >= 11 is 0. The second-order valence-electron chi connectivity index (χ2n) is 27.0. The van der Waals surface area contributed by atoms with Crippen LogP contribution in [0.5, 0.6) is 34.5 Å². The van der Waals surface area contributed by atoms with Crippen molar-refractivity contribution < 1.29 is 62.3 Å². The number of carbonyl (C=O) groups excluding carboxylic acids is 3. The second-order valence-corrected chi connectivity index (χ2v) is 27.0. The maximum absolute atomic E-state index is 11.8. The minimum atomic E-state index is -0.511. The number of aromatic nitrogens is 16. The predicted octanol–water partition coefficient (Wildman–Crippen LogP) is 18.1. The minimum absolute atomic E-state index is 0. The molecule has 121 heavy (non-hydrogen) atoms. The monoisotopic (exact) mass is 1680 g/mol. The van der Waals surface area contributed by atoms with Crippen LogP contribution in [0.25, 0.3) is 144 Å². The smallest absolute Gasteiger partial charge is 0.235 e. The van der Waals surface area contributed by atoms with Crippen LogP contribution in [0.2, 0.25) is 0 Å². The van der Waals surface area contributed by atoms with Crippen molar-refractivity contribution in [2.75, 3.05) is 39.6 Å². The van der Waals surface area contributed by atoms with Crippen LogP contribution in [-0.4, -0.2) is 137 Å². The van der Waals surface area contributed by atoms with Crippen LogP contribution >= 0.6 is 0 Å². The molecule has 0 amide bonds. The fraction of sp³-hybridized carbons (Fsp3) is 0.0632. The molecule has 14 aromatic heterocycles. The van der Waals surface area contributed by atoms with Gasteiger partial charge in [0, 0.05) is 143 Å². The zero-order chi connectivity index (χ0) is 80.9. The van der Waals surface area contributed by atoms with Crippen molar-refractivity contribution in [3.63, 3.8) is 0 Å². The molecule has 0 radical (unpaired) electrons. The summed E-state index contributed by atoms with van der Waals surface area (Å²) in [6.45, 7) is 3.40. The topological polar surface area (TPSA) is 319 Å². The van der Waals surface area contributed by atoms with E-state index in [1.807, 2.05) is 170 Å². The molecular formula is C95H66N16O9Ru. The van der Waals surface area contributed by atoms with E-state index in [0.717, 1.165) is 162 Å². The third-order valence-corrected chi connectivity index (χ3v) is 19.5. The Morgan fingerprint density at radius 1 is 0.273 bits per heavy atom. The molecule has 0 saturated carbocycles. The van der Waals surface area contributed by atoms with E-state index in [1.54, 1.807) is 117 Å². The van der Waals surface area contributed by atoms with Crippen molar-refractivity contribution in [2.45, 2.75) is 0 Å². The number of imidazole rings is 2. The van der Waals surface area contributed by atoms with Crippen LogP contribution in [-0.2, 0) is 19.5 Å². The summed E-state index contributed by atoms with van der Waals surface area (Å²) in [7, 11) is 0. The van der Waals surface area contributed by atoms with Crippen LogP contribution in [0.15, 0.2) is 311 Å². The fourth-order valence-corrected chi connectivity index (χ4v) is 14.0. The number of aromatic amines is 2. The molecule has 0 atom stereocenters. The van der Waals surface area contributed by atoms with Crippen molar-refractivity contribution >= 4 is 105 Å². The van der Waals surface area contributed by atoms with Gasteiger partial charge in [-0.15, -0.1) is 0 Å². The number of carbonyl (C=O) groups is 3. The number of pyridine rings is 12. The molecule has 0 spiro atoms. The zero-order valence-electron chi connectivity index (χ0n) is 64.1. The normalized spacial score (nSPS) is 12.3. The molecule has 24 rings (SSSR count). The van der Waals surface area contributed by atoms with Gasteiger partial charge in [-0.2, -0.15) is 0 Å². The molecule has 17 heterocycles. The van der Waals surface area contributed by atoms with Crippen molar-refractivity contribution in [3.8, 4) is 91.4 Å². The van der Waals surface area contributed by atoms with Crippen molar-refractivity contribution in [1.29, 1.82) is 0 Å². The van der Waals surface area contributed by atoms with E-state index in [0.29, 0.717) is 79.2 Å². The molecule has 0 fully saturated rings. The van der Waals surface area contributed by atoms with E-state index < -0.39 is 11.6 Å². The molecule has 3 aliphatic heterocycles. The number of Topliss-reactive ketones (excluding diaryl/α,β-unsaturated/α-hetero) is 2. The first-order valence-electron chi connectivity index (χ1n) is 38.2. The van der Waals surface area contributed by atoms with Crippen molar-refractivity contribution in [2.24, 2.45) is 0 Å². The Kier molecular flexibility index (Phi) is 23.1. The van der Waals surface area contributed by atoms with Crippen LogP contribution in [0.1, 0.15) is 31.1 Å². The minimum Gasteiger partial charge on any atom is -0.486 e. The molecule has 20 aromatic rings. The molecule has 1 aliphatic carbocycles. The summed E-state index contributed by atoms with van der Waals surface area (Å²) in [5, 5.41) is 6.26. The van der Waals surface area contributed by atoms with Crippen molar-refractivity contribution in [1.82, 2.24) is 79.7 Å². The fourth-order valence-electron chi connectivity index (χ4n) is 14.0. The molecule has 25 nitrogen and oxygen atoms in total. The Balaban J connectivity index is 0.000000103. The molecule has 26 heteroatoms. The Morgan fingerprint density at radius 3 is 0.959 bits per heavy atom. The van der Waals surface area contributed by atoms with Crippen molar-refractivity contribution in [3.05, 3.63) is 328 Å². The largest absolute Gasteiger partial charge is 0.486 e. The van der Waals surface area contributed by atoms with Gasteiger partial charge in [-0.25, -0.2) is 9.97 Å². The Hall–Kier alpha value is -15.9. The van der Waals surface area contributed by atoms with E-state index in [4.69, 9.17) is 38.4 Å². The number of fused-ring (bicyclic) bond motifs is 21. The van der Waals surface area contributed by atoms with Gasteiger partial charge in [-0.05, 0) is 188 Å². The van der Waals surface area contributed by atoms with Crippen LogP contribution in [0, 0.1) is 0 Å². The Bertz CT molecular complexity index is 6570. The maximum Gasteiger partial charge on any atom is 0.235 e. The number of ketones is 2.